The topological polar surface area (TPSA) is 46.4 Å². The van der Waals surface area contributed by atoms with Crippen LogP contribution >= 0.6 is 11.3 Å². The maximum Gasteiger partial charge on any atom is 0.271 e. The maximum atomic E-state index is 12.5. The molecule has 0 saturated heterocycles. The molecule has 0 aliphatic rings. The molecule has 0 aliphatic heterocycles. The molecule has 0 saturated carbocycles. The van der Waals surface area contributed by atoms with E-state index in [9.17, 15) is 4.79 Å². The van der Waals surface area contributed by atoms with Crippen molar-refractivity contribution in [1.29, 1.82) is 0 Å². The summed E-state index contributed by atoms with van der Waals surface area (Å²) in [5, 5.41) is 7.98. The van der Waals surface area contributed by atoms with Crippen molar-refractivity contribution in [3.05, 3.63) is 125 Å². The van der Waals surface area contributed by atoms with Crippen LogP contribution in [0.25, 0.3) is 28.2 Å². The van der Waals surface area contributed by atoms with Gasteiger partial charge in [-0.25, -0.2) is 5.43 Å². The molecule has 1 N–H and O–H groups in total. The van der Waals surface area contributed by atoms with Crippen LogP contribution in [0, 0.1) is 0 Å². The van der Waals surface area contributed by atoms with E-state index >= 15 is 0 Å². The SMILES string of the molecule is O=C(N/N=C\c1ccsc1)c1ccc(-n2c(-c3ccccc3)ccc2-c2ccccc2)cc1. The fourth-order valence-electron chi connectivity index (χ4n) is 3.72. The number of hydrogen-bond acceptors (Lipinski definition) is 3. The lowest BCUT2D eigenvalue weighted by Crippen LogP contribution is -2.17. The van der Waals surface area contributed by atoms with Gasteiger partial charge < -0.3 is 4.57 Å². The zero-order valence-corrected chi connectivity index (χ0v) is 18.6. The van der Waals surface area contributed by atoms with Crippen LogP contribution in [0.4, 0.5) is 0 Å². The third-order valence-electron chi connectivity index (χ3n) is 5.33. The minimum atomic E-state index is -0.243. The van der Waals surface area contributed by atoms with Gasteiger partial charge in [0.05, 0.1) is 17.6 Å². The highest BCUT2D eigenvalue weighted by Crippen LogP contribution is 2.32. The number of nitrogens with zero attached hydrogens (tertiary/aromatic N) is 2. The average molecular weight is 448 g/mol. The highest BCUT2D eigenvalue weighted by atomic mass is 32.1. The van der Waals surface area contributed by atoms with E-state index in [0.29, 0.717) is 5.56 Å². The van der Waals surface area contributed by atoms with Crippen molar-refractivity contribution < 1.29 is 4.79 Å². The van der Waals surface area contributed by atoms with Crippen molar-refractivity contribution in [2.75, 3.05) is 0 Å². The number of rotatable bonds is 6. The van der Waals surface area contributed by atoms with E-state index in [1.807, 2.05) is 77.5 Å². The highest BCUT2D eigenvalue weighted by molar-refractivity contribution is 7.08. The average Bonchev–Trinajstić information content (AvgIpc) is 3.55. The van der Waals surface area contributed by atoms with E-state index in [-0.39, 0.29) is 5.91 Å². The summed E-state index contributed by atoms with van der Waals surface area (Å²) in [5.41, 5.74) is 9.53. The fourth-order valence-corrected chi connectivity index (χ4v) is 4.33. The lowest BCUT2D eigenvalue weighted by molar-refractivity contribution is 0.0955. The van der Waals surface area contributed by atoms with E-state index in [1.165, 1.54) is 0 Å². The molecule has 0 atom stereocenters. The first-order valence-electron chi connectivity index (χ1n) is 10.6. The van der Waals surface area contributed by atoms with Crippen LogP contribution in [0.15, 0.2) is 119 Å². The van der Waals surface area contributed by atoms with Crippen LogP contribution < -0.4 is 5.43 Å². The van der Waals surface area contributed by atoms with E-state index in [0.717, 1.165) is 33.8 Å². The van der Waals surface area contributed by atoms with E-state index < -0.39 is 0 Å². The monoisotopic (exact) mass is 447 g/mol. The third-order valence-corrected chi connectivity index (χ3v) is 6.03. The molecule has 5 rings (SSSR count). The van der Waals surface area contributed by atoms with Gasteiger partial charge in [0.15, 0.2) is 0 Å². The van der Waals surface area contributed by atoms with E-state index in [1.54, 1.807) is 17.6 Å². The molecule has 0 bridgehead atoms. The minimum absolute atomic E-state index is 0.243. The molecular weight excluding hydrogens is 426 g/mol. The molecule has 0 aliphatic carbocycles. The number of amides is 1. The third kappa shape index (κ3) is 4.54. The number of thiophene rings is 1. The van der Waals surface area contributed by atoms with Gasteiger partial charge in [-0.15, -0.1) is 0 Å². The van der Waals surface area contributed by atoms with Gasteiger partial charge in [0.2, 0.25) is 0 Å². The Morgan fingerprint density at radius 1 is 0.758 bits per heavy atom. The van der Waals surface area contributed by atoms with Gasteiger partial charge in [-0.05, 0) is 64.4 Å². The molecule has 0 fully saturated rings. The smallest absolute Gasteiger partial charge is 0.271 e. The normalized spacial score (nSPS) is 11.0. The quantitative estimate of drug-likeness (QED) is 0.230. The summed E-state index contributed by atoms with van der Waals surface area (Å²) in [6, 6.07) is 34.4. The number of carbonyl (C=O) groups excluding carboxylic acids is 1. The van der Waals surface area contributed by atoms with Gasteiger partial charge in [-0.2, -0.15) is 16.4 Å². The summed E-state index contributed by atoms with van der Waals surface area (Å²) < 4.78 is 2.22. The minimum Gasteiger partial charge on any atom is -0.309 e. The molecule has 1 amide bonds. The Kier molecular flexibility index (Phi) is 5.95. The second kappa shape index (κ2) is 9.51. The first kappa shape index (κ1) is 20.7. The Bertz CT molecular complexity index is 1310. The van der Waals surface area contributed by atoms with Gasteiger partial charge in [-0.3, -0.25) is 4.79 Å². The Labute approximate surface area is 196 Å². The van der Waals surface area contributed by atoms with Gasteiger partial charge in [0, 0.05) is 16.8 Å². The number of benzene rings is 3. The molecule has 5 heteroatoms. The van der Waals surface area contributed by atoms with Crippen molar-refractivity contribution in [2.24, 2.45) is 5.10 Å². The second-order valence-corrected chi connectivity index (χ2v) is 8.25. The zero-order valence-electron chi connectivity index (χ0n) is 17.8. The van der Waals surface area contributed by atoms with E-state index in [2.05, 4.69) is 51.5 Å². The standard InChI is InChI=1S/C28H21N3OS/c32-28(30-29-19-21-17-18-33-20-21)24-11-13-25(14-12-24)31-26(22-7-3-1-4-8-22)15-16-27(31)23-9-5-2-6-10-23/h1-20H,(H,30,32)/b29-19-. The Morgan fingerprint density at radius 3 is 1.91 bits per heavy atom. The predicted molar refractivity (Wildman–Crippen MR) is 136 cm³/mol. The largest absolute Gasteiger partial charge is 0.309 e. The fraction of sp³-hybridized carbons (Fsp3) is 0. The van der Waals surface area contributed by atoms with Crippen molar-refractivity contribution in [3.63, 3.8) is 0 Å². The molecule has 4 nitrogen and oxygen atoms in total. The second-order valence-electron chi connectivity index (χ2n) is 7.47. The Hall–Kier alpha value is -4.22. The van der Waals surface area contributed by atoms with Crippen molar-refractivity contribution in [2.45, 2.75) is 0 Å². The van der Waals surface area contributed by atoms with Crippen molar-refractivity contribution in [1.82, 2.24) is 9.99 Å². The van der Waals surface area contributed by atoms with E-state index in [4.69, 9.17) is 0 Å². The predicted octanol–water partition coefficient (Wildman–Crippen LogP) is 6.64. The van der Waals surface area contributed by atoms with Crippen molar-refractivity contribution in [3.8, 4) is 28.2 Å². The van der Waals surface area contributed by atoms with Crippen LogP contribution in [-0.2, 0) is 0 Å². The summed E-state index contributed by atoms with van der Waals surface area (Å²) >= 11 is 1.59. The number of nitrogens with one attached hydrogen (secondary N) is 1. The summed E-state index contributed by atoms with van der Waals surface area (Å²) in [4.78, 5) is 12.5. The molecule has 2 aromatic heterocycles. The molecule has 0 radical (unpaired) electrons. The number of carbonyl (C=O) groups is 1. The maximum absolute atomic E-state index is 12.5. The summed E-state index contributed by atoms with van der Waals surface area (Å²) in [7, 11) is 0. The molecule has 160 valence electrons. The Balaban J connectivity index is 1.47. The Morgan fingerprint density at radius 2 is 1.36 bits per heavy atom. The van der Waals surface area contributed by atoms with Gasteiger partial charge in [0.1, 0.15) is 0 Å². The first-order valence-corrected chi connectivity index (χ1v) is 11.5. The molecule has 0 spiro atoms. The van der Waals surface area contributed by atoms with Gasteiger partial charge >= 0.3 is 0 Å². The molecular formula is C28H21N3OS. The van der Waals surface area contributed by atoms with Crippen LogP contribution in [0.1, 0.15) is 15.9 Å². The van der Waals surface area contributed by atoms with Gasteiger partial charge in [0.25, 0.3) is 5.91 Å². The van der Waals surface area contributed by atoms with Crippen LogP contribution in [0.3, 0.4) is 0 Å². The summed E-state index contributed by atoms with van der Waals surface area (Å²) in [6.45, 7) is 0. The molecule has 0 unspecified atom stereocenters. The van der Waals surface area contributed by atoms with Crippen LogP contribution in [-0.4, -0.2) is 16.7 Å². The summed E-state index contributed by atoms with van der Waals surface area (Å²) in [5.74, 6) is -0.243. The molecule has 33 heavy (non-hydrogen) atoms. The molecule has 3 aromatic carbocycles. The van der Waals surface area contributed by atoms with Gasteiger partial charge in [-0.1, -0.05) is 60.7 Å². The summed E-state index contributed by atoms with van der Waals surface area (Å²) in [6.07, 6.45) is 1.64. The first-order chi connectivity index (χ1) is 16.3. The zero-order chi connectivity index (χ0) is 22.5. The van der Waals surface area contributed by atoms with Crippen LogP contribution in [0.2, 0.25) is 0 Å². The highest BCUT2D eigenvalue weighted by Gasteiger charge is 2.14. The lowest BCUT2D eigenvalue weighted by Gasteiger charge is -2.15. The lowest BCUT2D eigenvalue weighted by atomic mass is 10.1. The van der Waals surface area contributed by atoms with Crippen LogP contribution in [0.5, 0.6) is 0 Å². The number of hydrogen-bond donors (Lipinski definition) is 1. The van der Waals surface area contributed by atoms with Crippen molar-refractivity contribution >= 4 is 23.5 Å². The molecule has 5 aromatic rings. The number of aromatic nitrogens is 1. The number of hydrazone groups is 1. The molecule has 2 heterocycles.